The highest BCUT2D eigenvalue weighted by molar-refractivity contribution is 9.10. The zero-order valence-electron chi connectivity index (χ0n) is 12.0. The Morgan fingerprint density at radius 1 is 1.32 bits per heavy atom. The molecule has 0 aliphatic heterocycles. The number of nitriles is 1. The van der Waals surface area contributed by atoms with Crippen molar-refractivity contribution in [3.05, 3.63) is 70.0 Å². The molecule has 1 aromatic heterocycles. The largest absolute Gasteiger partial charge is 0.345 e. The van der Waals surface area contributed by atoms with E-state index in [9.17, 15) is 10.1 Å². The van der Waals surface area contributed by atoms with Crippen LogP contribution in [0.4, 0.5) is 0 Å². The molecule has 0 bridgehead atoms. The van der Waals surface area contributed by atoms with Gasteiger partial charge in [0.25, 0.3) is 5.91 Å². The summed E-state index contributed by atoms with van der Waals surface area (Å²) < 4.78 is 0.589. The number of amides is 1. The number of pyridine rings is 1. The molecule has 110 valence electrons. The number of hydrogen-bond donors (Lipinski definition) is 1. The van der Waals surface area contributed by atoms with Crippen LogP contribution in [-0.2, 0) is 4.79 Å². The molecular weight excluding hydrogens is 342 g/mol. The number of rotatable bonds is 4. The van der Waals surface area contributed by atoms with Crippen molar-refractivity contribution >= 4 is 27.9 Å². The molecule has 1 amide bonds. The van der Waals surface area contributed by atoms with Gasteiger partial charge >= 0.3 is 0 Å². The van der Waals surface area contributed by atoms with E-state index in [1.165, 1.54) is 6.08 Å². The van der Waals surface area contributed by atoms with Gasteiger partial charge < -0.3 is 5.32 Å². The lowest BCUT2D eigenvalue weighted by Gasteiger charge is -2.13. The van der Waals surface area contributed by atoms with Crippen LogP contribution < -0.4 is 5.32 Å². The maximum Gasteiger partial charge on any atom is 0.262 e. The molecule has 0 spiro atoms. The molecule has 0 saturated heterocycles. The molecule has 0 radical (unpaired) electrons. The first kappa shape index (κ1) is 15.9. The van der Waals surface area contributed by atoms with E-state index in [-0.39, 0.29) is 11.6 Å². The quantitative estimate of drug-likeness (QED) is 0.517. The maximum absolute atomic E-state index is 12.2. The Labute approximate surface area is 137 Å². The molecule has 1 N–H and O–H groups in total. The van der Waals surface area contributed by atoms with Crippen LogP contribution in [0.5, 0.6) is 0 Å². The van der Waals surface area contributed by atoms with Crippen molar-refractivity contribution in [2.45, 2.75) is 13.0 Å². The zero-order chi connectivity index (χ0) is 15.9. The van der Waals surface area contributed by atoms with Crippen LogP contribution in [0.25, 0.3) is 6.08 Å². The summed E-state index contributed by atoms with van der Waals surface area (Å²) in [6.07, 6.45) is 3.15. The third-order valence-corrected chi connectivity index (χ3v) is 3.76. The van der Waals surface area contributed by atoms with E-state index in [1.807, 2.05) is 43.3 Å². The zero-order valence-corrected chi connectivity index (χ0v) is 13.5. The molecule has 2 aromatic rings. The number of benzene rings is 1. The number of carbonyl (C=O) groups is 1. The van der Waals surface area contributed by atoms with Crippen molar-refractivity contribution in [1.82, 2.24) is 10.3 Å². The minimum absolute atomic E-state index is 0.0384. The molecule has 22 heavy (non-hydrogen) atoms. The molecule has 4 nitrogen and oxygen atoms in total. The van der Waals surface area contributed by atoms with Crippen LogP contribution in [0.2, 0.25) is 0 Å². The highest BCUT2D eigenvalue weighted by Gasteiger charge is 2.14. The standard InChI is InChI=1S/C17H14BrN3O/c1-12(13-6-3-2-4-7-13)21-17(22)15(11-19)10-14-8-5-9-20-16(14)18/h2-10,12H,1H3,(H,21,22). The van der Waals surface area contributed by atoms with Gasteiger partial charge in [0.05, 0.1) is 6.04 Å². The smallest absolute Gasteiger partial charge is 0.262 e. The van der Waals surface area contributed by atoms with Crippen LogP contribution in [0, 0.1) is 11.3 Å². The van der Waals surface area contributed by atoms with E-state index >= 15 is 0 Å². The van der Waals surface area contributed by atoms with Crippen LogP contribution in [0.1, 0.15) is 24.1 Å². The minimum Gasteiger partial charge on any atom is -0.345 e. The first-order valence-corrected chi connectivity index (χ1v) is 7.49. The molecule has 1 atom stereocenters. The fraction of sp³-hybridized carbons (Fsp3) is 0.118. The summed E-state index contributed by atoms with van der Waals surface area (Å²) in [4.78, 5) is 16.3. The first-order valence-electron chi connectivity index (χ1n) is 6.70. The summed E-state index contributed by atoms with van der Waals surface area (Å²) in [5, 5.41) is 12.0. The van der Waals surface area contributed by atoms with E-state index in [4.69, 9.17) is 0 Å². The molecule has 0 aliphatic carbocycles. The number of nitrogens with one attached hydrogen (secondary N) is 1. The van der Waals surface area contributed by atoms with Gasteiger partial charge in [0.15, 0.2) is 0 Å². The summed E-state index contributed by atoms with van der Waals surface area (Å²) in [6, 6.07) is 14.9. The molecule has 1 unspecified atom stereocenters. The van der Waals surface area contributed by atoms with Crippen LogP contribution in [-0.4, -0.2) is 10.9 Å². The lowest BCUT2D eigenvalue weighted by atomic mass is 10.1. The Kier molecular flexibility index (Phi) is 5.45. The fourth-order valence-corrected chi connectivity index (χ4v) is 2.27. The topological polar surface area (TPSA) is 65.8 Å². The van der Waals surface area contributed by atoms with Gasteiger partial charge in [-0.05, 0) is 40.6 Å². The average molecular weight is 356 g/mol. The second-order valence-electron chi connectivity index (χ2n) is 4.66. The van der Waals surface area contributed by atoms with Crippen molar-refractivity contribution in [2.24, 2.45) is 0 Å². The average Bonchev–Trinajstić information content (AvgIpc) is 2.54. The third-order valence-electron chi connectivity index (χ3n) is 3.10. The van der Waals surface area contributed by atoms with Crippen LogP contribution in [0.15, 0.2) is 58.8 Å². The van der Waals surface area contributed by atoms with Gasteiger partial charge in [-0.25, -0.2) is 4.98 Å². The van der Waals surface area contributed by atoms with E-state index in [2.05, 4.69) is 26.2 Å². The van der Waals surface area contributed by atoms with Crippen molar-refractivity contribution in [3.8, 4) is 6.07 Å². The second-order valence-corrected chi connectivity index (χ2v) is 5.41. The minimum atomic E-state index is -0.408. The van der Waals surface area contributed by atoms with Gasteiger partial charge in [0.1, 0.15) is 16.2 Å². The highest BCUT2D eigenvalue weighted by atomic mass is 79.9. The number of nitrogens with zero attached hydrogens (tertiary/aromatic N) is 2. The monoisotopic (exact) mass is 355 g/mol. The van der Waals surface area contributed by atoms with Gasteiger partial charge in [-0.2, -0.15) is 5.26 Å². The van der Waals surface area contributed by atoms with Crippen molar-refractivity contribution in [1.29, 1.82) is 5.26 Å². The van der Waals surface area contributed by atoms with Gasteiger partial charge in [-0.1, -0.05) is 36.4 Å². The molecule has 1 heterocycles. The first-order chi connectivity index (χ1) is 10.6. The Balaban J connectivity index is 2.17. The molecule has 1 aromatic carbocycles. The Hall–Kier alpha value is -2.45. The Morgan fingerprint density at radius 3 is 2.68 bits per heavy atom. The molecule has 0 fully saturated rings. The Bertz CT molecular complexity index is 735. The number of aromatic nitrogens is 1. The molecular formula is C17H14BrN3O. The van der Waals surface area contributed by atoms with E-state index in [0.717, 1.165) is 5.56 Å². The van der Waals surface area contributed by atoms with Gasteiger partial charge in [-0.15, -0.1) is 0 Å². The Morgan fingerprint density at radius 2 is 2.05 bits per heavy atom. The third kappa shape index (κ3) is 4.03. The number of halogens is 1. The SMILES string of the molecule is CC(NC(=O)C(C#N)=Cc1cccnc1Br)c1ccccc1. The predicted molar refractivity (Wildman–Crippen MR) is 88.5 cm³/mol. The highest BCUT2D eigenvalue weighted by Crippen LogP contribution is 2.17. The van der Waals surface area contributed by atoms with Crippen LogP contribution in [0.3, 0.4) is 0 Å². The molecule has 0 saturated carbocycles. The van der Waals surface area contributed by atoms with Crippen LogP contribution >= 0.6 is 15.9 Å². The van der Waals surface area contributed by atoms with Crippen molar-refractivity contribution in [2.75, 3.05) is 0 Å². The molecule has 5 heteroatoms. The van der Waals surface area contributed by atoms with Gasteiger partial charge in [-0.3, -0.25) is 4.79 Å². The summed E-state index contributed by atoms with van der Waals surface area (Å²) in [5.41, 5.74) is 1.70. The summed E-state index contributed by atoms with van der Waals surface area (Å²) in [7, 11) is 0. The summed E-state index contributed by atoms with van der Waals surface area (Å²) in [6.45, 7) is 1.88. The normalized spacial score (nSPS) is 12.3. The van der Waals surface area contributed by atoms with Crippen molar-refractivity contribution < 1.29 is 4.79 Å². The molecule has 0 aliphatic rings. The van der Waals surface area contributed by atoms with E-state index in [0.29, 0.717) is 10.2 Å². The number of carbonyl (C=O) groups excluding carboxylic acids is 1. The van der Waals surface area contributed by atoms with Gasteiger partial charge in [0, 0.05) is 11.8 Å². The lowest BCUT2D eigenvalue weighted by molar-refractivity contribution is -0.117. The van der Waals surface area contributed by atoms with Crippen molar-refractivity contribution in [3.63, 3.8) is 0 Å². The molecule has 2 rings (SSSR count). The summed E-state index contributed by atoms with van der Waals surface area (Å²) >= 11 is 3.29. The van der Waals surface area contributed by atoms with E-state index in [1.54, 1.807) is 18.3 Å². The van der Waals surface area contributed by atoms with Gasteiger partial charge in [0.2, 0.25) is 0 Å². The fourth-order valence-electron chi connectivity index (χ4n) is 1.91. The lowest BCUT2D eigenvalue weighted by Crippen LogP contribution is -2.27. The summed E-state index contributed by atoms with van der Waals surface area (Å²) in [5.74, 6) is -0.408. The van der Waals surface area contributed by atoms with E-state index < -0.39 is 5.91 Å². The second kappa shape index (κ2) is 7.53. The number of hydrogen-bond acceptors (Lipinski definition) is 3. The maximum atomic E-state index is 12.2. The predicted octanol–water partition coefficient (Wildman–Crippen LogP) is 3.63.